The zero-order chi connectivity index (χ0) is 13.8. The van der Waals surface area contributed by atoms with Gasteiger partial charge >= 0.3 is 0 Å². The molecule has 0 spiro atoms. The number of nitriles is 1. The summed E-state index contributed by atoms with van der Waals surface area (Å²) in [6, 6.07) is 16.0. The van der Waals surface area contributed by atoms with E-state index in [1.165, 1.54) is 5.69 Å². The fourth-order valence-corrected chi connectivity index (χ4v) is 2.39. The van der Waals surface area contributed by atoms with E-state index < -0.39 is 0 Å². The van der Waals surface area contributed by atoms with Gasteiger partial charge in [0.25, 0.3) is 0 Å². The highest BCUT2D eigenvalue weighted by atomic mass is 15.3. The minimum Gasteiger partial charge on any atom is -0.368 e. The summed E-state index contributed by atoms with van der Waals surface area (Å²) in [6.45, 7) is 3.75. The van der Waals surface area contributed by atoms with Crippen molar-refractivity contribution in [2.45, 2.75) is 0 Å². The molecule has 0 saturated carbocycles. The van der Waals surface area contributed by atoms with E-state index in [2.05, 4.69) is 44.3 Å². The van der Waals surface area contributed by atoms with Gasteiger partial charge < -0.3 is 9.80 Å². The molecule has 1 aromatic heterocycles. The normalized spacial score (nSPS) is 14.9. The summed E-state index contributed by atoms with van der Waals surface area (Å²) in [4.78, 5) is 4.57. The van der Waals surface area contributed by atoms with Crippen molar-refractivity contribution in [3.8, 4) is 6.07 Å². The minimum atomic E-state index is 0.358. The SMILES string of the molecule is N#Cc1ccc(N2CCN(c3ccccc3)CC2)nn1. The van der Waals surface area contributed by atoms with Crippen LogP contribution in [-0.4, -0.2) is 36.4 Å². The number of piperazine rings is 1. The largest absolute Gasteiger partial charge is 0.368 e. The second kappa shape index (κ2) is 5.57. The van der Waals surface area contributed by atoms with Crippen LogP contribution < -0.4 is 9.80 Å². The van der Waals surface area contributed by atoms with Gasteiger partial charge in [-0.1, -0.05) is 18.2 Å². The fraction of sp³-hybridized carbons (Fsp3) is 0.267. The summed E-state index contributed by atoms with van der Waals surface area (Å²) in [7, 11) is 0. The van der Waals surface area contributed by atoms with E-state index in [1.807, 2.05) is 18.2 Å². The van der Waals surface area contributed by atoms with Crippen molar-refractivity contribution < 1.29 is 0 Å². The van der Waals surface area contributed by atoms with Gasteiger partial charge in [0.05, 0.1) is 0 Å². The smallest absolute Gasteiger partial charge is 0.163 e. The van der Waals surface area contributed by atoms with Crippen LogP contribution in [0.2, 0.25) is 0 Å². The quantitative estimate of drug-likeness (QED) is 0.826. The van der Waals surface area contributed by atoms with Gasteiger partial charge in [0.2, 0.25) is 0 Å². The lowest BCUT2D eigenvalue weighted by atomic mass is 10.2. The van der Waals surface area contributed by atoms with Gasteiger partial charge in [-0.3, -0.25) is 0 Å². The molecule has 0 aliphatic carbocycles. The molecular formula is C15H15N5. The first kappa shape index (κ1) is 12.4. The molecule has 0 atom stereocenters. The van der Waals surface area contributed by atoms with Crippen molar-refractivity contribution in [3.63, 3.8) is 0 Å². The van der Waals surface area contributed by atoms with Gasteiger partial charge in [0, 0.05) is 31.9 Å². The molecule has 20 heavy (non-hydrogen) atoms. The summed E-state index contributed by atoms with van der Waals surface area (Å²) in [6.07, 6.45) is 0. The molecule has 0 bridgehead atoms. The van der Waals surface area contributed by atoms with Crippen LogP contribution in [0.25, 0.3) is 0 Å². The third-order valence-corrected chi connectivity index (χ3v) is 3.49. The number of benzene rings is 1. The third kappa shape index (κ3) is 2.54. The molecule has 2 heterocycles. The molecule has 3 rings (SSSR count). The zero-order valence-corrected chi connectivity index (χ0v) is 11.1. The molecule has 0 amide bonds. The molecule has 0 radical (unpaired) electrons. The molecule has 2 aromatic rings. The summed E-state index contributed by atoms with van der Waals surface area (Å²) in [5.41, 5.74) is 1.62. The van der Waals surface area contributed by atoms with Gasteiger partial charge in [-0.25, -0.2) is 0 Å². The van der Waals surface area contributed by atoms with Crippen LogP contribution in [0.4, 0.5) is 11.5 Å². The lowest BCUT2D eigenvalue weighted by Gasteiger charge is -2.36. The lowest BCUT2D eigenvalue weighted by molar-refractivity contribution is 0.643. The fourth-order valence-electron chi connectivity index (χ4n) is 2.39. The Balaban J connectivity index is 1.65. The summed E-state index contributed by atoms with van der Waals surface area (Å²) in [5, 5.41) is 16.7. The van der Waals surface area contributed by atoms with E-state index in [0.29, 0.717) is 5.69 Å². The Morgan fingerprint density at radius 2 is 1.55 bits per heavy atom. The third-order valence-electron chi connectivity index (χ3n) is 3.49. The van der Waals surface area contributed by atoms with Crippen molar-refractivity contribution in [2.24, 2.45) is 0 Å². The van der Waals surface area contributed by atoms with Crippen molar-refractivity contribution in [1.82, 2.24) is 10.2 Å². The Bertz CT molecular complexity index is 594. The van der Waals surface area contributed by atoms with Gasteiger partial charge in [-0.15, -0.1) is 10.2 Å². The predicted octanol–water partition coefficient (Wildman–Crippen LogP) is 1.67. The highest BCUT2D eigenvalue weighted by molar-refractivity contribution is 5.49. The average Bonchev–Trinajstić information content (AvgIpc) is 2.56. The highest BCUT2D eigenvalue weighted by Gasteiger charge is 2.18. The van der Waals surface area contributed by atoms with Gasteiger partial charge in [-0.2, -0.15) is 5.26 Å². The van der Waals surface area contributed by atoms with E-state index in [9.17, 15) is 0 Å². The number of hydrogen-bond donors (Lipinski definition) is 0. The monoisotopic (exact) mass is 265 g/mol. The summed E-state index contributed by atoms with van der Waals surface area (Å²) < 4.78 is 0. The molecule has 0 unspecified atom stereocenters. The van der Waals surface area contributed by atoms with Crippen molar-refractivity contribution in [3.05, 3.63) is 48.2 Å². The van der Waals surface area contributed by atoms with Crippen LogP contribution in [0.5, 0.6) is 0 Å². The van der Waals surface area contributed by atoms with Gasteiger partial charge in [-0.05, 0) is 24.3 Å². The second-order valence-corrected chi connectivity index (χ2v) is 4.70. The first-order valence-electron chi connectivity index (χ1n) is 6.65. The number of para-hydroxylation sites is 1. The second-order valence-electron chi connectivity index (χ2n) is 4.70. The van der Waals surface area contributed by atoms with E-state index in [-0.39, 0.29) is 0 Å². The molecule has 1 aromatic carbocycles. The van der Waals surface area contributed by atoms with Crippen molar-refractivity contribution in [1.29, 1.82) is 5.26 Å². The number of hydrogen-bond acceptors (Lipinski definition) is 5. The number of aromatic nitrogens is 2. The molecular weight excluding hydrogens is 250 g/mol. The number of anilines is 2. The van der Waals surface area contributed by atoms with Crippen LogP contribution in [0.3, 0.4) is 0 Å². The summed E-state index contributed by atoms with van der Waals surface area (Å²) >= 11 is 0. The Labute approximate surface area is 118 Å². The predicted molar refractivity (Wildman–Crippen MR) is 77.6 cm³/mol. The van der Waals surface area contributed by atoms with Crippen LogP contribution in [0.1, 0.15) is 5.69 Å². The maximum Gasteiger partial charge on any atom is 0.163 e. The van der Waals surface area contributed by atoms with Gasteiger partial charge in [0.1, 0.15) is 6.07 Å². The Hall–Kier alpha value is -2.61. The van der Waals surface area contributed by atoms with Crippen LogP contribution in [0, 0.1) is 11.3 Å². The molecule has 1 fully saturated rings. The maximum atomic E-state index is 8.73. The maximum absolute atomic E-state index is 8.73. The van der Waals surface area contributed by atoms with E-state index in [0.717, 1.165) is 32.0 Å². The minimum absolute atomic E-state index is 0.358. The molecule has 5 heteroatoms. The molecule has 1 saturated heterocycles. The van der Waals surface area contributed by atoms with E-state index in [1.54, 1.807) is 6.07 Å². The standard InChI is InChI=1S/C15H15N5/c16-12-13-6-7-15(18-17-13)20-10-8-19(9-11-20)14-4-2-1-3-5-14/h1-7H,8-11H2. The Morgan fingerprint density at radius 1 is 0.850 bits per heavy atom. The topological polar surface area (TPSA) is 56.1 Å². The lowest BCUT2D eigenvalue weighted by Crippen LogP contribution is -2.46. The van der Waals surface area contributed by atoms with Crippen LogP contribution in [0.15, 0.2) is 42.5 Å². The molecule has 5 nitrogen and oxygen atoms in total. The highest BCUT2D eigenvalue weighted by Crippen LogP contribution is 2.18. The van der Waals surface area contributed by atoms with Crippen LogP contribution in [-0.2, 0) is 0 Å². The van der Waals surface area contributed by atoms with E-state index in [4.69, 9.17) is 5.26 Å². The average molecular weight is 265 g/mol. The Morgan fingerprint density at radius 3 is 2.15 bits per heavy atom. The summed E-state index contributed by atoms with van der Waals surface area (Å²) in [5.74, 6) is 0.844. The molecule has 1 aliphatic heterocycles. The number of nitrogens with zero attached hydrogens (tertiary/aromatic N) is 5. The number of rotatable bonds is 2. The van der Waals surface area contributed by atoms with Crippen molar-refractivity contribution >= 4 is 11.5 Å². The zero-order valence-electron chi connectivity index (χ0n) is 11.1. The van der Waals surface area contributed by atoms with Crippen LogP contribution >= 0.6 is 0 Å². The van der Waals surface area contributed by atoms with Gasteiger partial charge in [0.15, 0.2) is 11.5 Å². The van der Waals surface area contributed by atoms with Crippen molar-refractivity contribution in [2.75, 3.05) is 36.0 Å². The molecule has 1 aliphatic rings. The first-order valence-corrected chi connectivity index (χ1v) is 6.65. The molecule has 0 N–H and O–H groups in total. The first-order chi connectivity index (χ1) is 9.86. The molecule has 100 valence electrons. The van der Waals surface area contributed by atoms with E-state index >= 15 is 0 Å². The Kier molecular flexibility index (Phi) is 3.46.